The van der Waals surface area contributed by atoms with Crippen LogP contribution >= 0.6 is 0 Å². The summed E-state index contributed by atoms with van der Waals surface area (Å²) in [4.78, 5) is 11.5. The molecular formula is C22H32OSi. The molecule has 1 saturated heterocycles. The molecular weight excluding hydrogens is 308 g/mol. The standard InChI is InChI=1S/C22H32OSi/c1-2-3-7-16-24(22-8-5-4-6-9-22)17-14-20(15-18-24)19-10-12-21(23)13-11-19/h4-9,16,19-20H,2-3,10-15,17-18H2,1H3. The van der Waals surface area contributed by atoms with Crippen molar-refractivity contribution in [2.45, 2.75) is 70.4 Å². The van der Waals surface area contributed by atoms with Gasteiger partial charge in [-0.25, -0.2) is 0 Å². The van der Waals surface area contributed by atoms with Crippen LogP contribution in [0.5, 0.6) is 0 Å². The highest BCUT2D eigenvalue weighted by Crippen LogP contribution is 2.41. The Labute approximate surface area is 148 Å². The van der Waals surface area contributed by atoms with E-state index >= 15 is 0 Å². The summed E-state index contributed by atoms with van der Waals surface area (Å²) in [7, 11) is -1.46. The van der Waals surface area contributed by atoms with Crippen LogP contribution in [0.3, 0.4) is 0 Å². The van der Waals surface area contributed by atoms with E-state index in [0.29, 0.717) is 5.78 Å². The molecule has 24 heavy (non-hydrogen) atoms. The Morgan fingerprint density at radius 2 is 1.62 bits per heavy atom. The Bertz CT molecular complexity index is 545. The van der Waals surface area contributed by atoms with Gasteiger partial charge in [0.2, 0.25) is 0 Å². The molecule has 0 spiro atoms. The Morgan fingerprint density at radius 1 is 1.00 bits per heavy atom. The fourth-order valence-electron chi connectivity index (χ4n) is 4.86. The maximum Gasteiger partial charge on any atom is 0.132 e. The highest BCUT2D eigenvalue weighted by molar-refractivity contribution is 6.96. The molecule has 1 aromatic carbocycles. The van der Waals surface area contributed by atoms with Crippen LogP contribution in [0.25, 0.3) is 0 Å². The van der Waals surface area contributed by atoms with Crippen molar-refractivity contribution in [3.05, 3.63) is 42.1 Å². The number of benzene rings is 1. The number of carbonyl (C=O) groups excluding carboxylic acids is 1. The van der Waals surface area contributed by atoms with E-state index < -0.39 is 8.07 Å². The minimum absolute atomic E-state index is 0.498. The maximum atomic E-state index is 11.5. The largest absolute Gasteiger partial charge is 0.300 e. The predicted octanol–water partition coefficient (Wildman–Crippen LogP) is 5.41. The summed E-state index contributed by atoms with van der Waals surface area (Å²) in [5, 5.41) is 1.63. The first-order valence-electron chi connectivity index (χ1n) is 9.98. The number of rotatable bonds is 5. The molecule has 3 rings (SSSR count). The summed E-state index contributed by atoms with van der Waals surface area (Å²) >= 11 is 0. The van der Waals surface area contributed by atoms with Crippen LogP contribution in [0.1, 0.15) is 58.3 Å². The minimum Gasteiger partial charge on any atom is -0.300 e. The van der Waals surface area contributed by atoms with Gasteiger partial charge in [-0.2, -0.15) is 0 Å². The lowest BCUT2D eigenvalue weighted by Crippen LogP contribution is -2.49. The summed E-state index contributed by atoms with van der Waals surface area (Å²) in [5.41, 5.74) is 2.66. The third-order valence-corrected chi connectivity index (χ3v) is 11.1. The predicted molar refractivity (Wildman–Crippen MR) is 105 cm³/mol. The van der Waals surface area contributed by atoms with Crippen molar-refractivity contribution in [3.63, 3.8) is 0 Å². The maximum absolute atomic E-state index is 11.5. The molecule has 0 bridgehead atoms. The molecule has 1 aromatic rings. The average Bonchev–Trinajstić information content (AvgIpc) is 2.64. The van der Waals surface area contributed by atoms with Crippen LogP contribution in [-0.2, 0) is 4.79 Å². The summed E-state index contributed by atoms with van der Waals surface area (Å²) in [5.74, 6) is 2.20. The lowest BCUT2D eigenvalue weighted by Gasteiger charge is -2.40. The Balaban J connectivity index is 1.70. The van der Waals surface area contributed by atoms with E-state index in [2.05, 4.69) is 49.0 Å². The minimum atomic E-state index is -1.46. The zero-order chi connectivity index (χ0) is 16.8. The number of Topliss-reactive ketones (excluding diaryl/α,β-unsaturated/α-hetero) is 1. The van der Waals surface area contributed by atoms with E-state index in [4.69, 9.17) is 0 Å². The first kappa shape index (κ1) is 17.7. The molecule has 0 amide bonds. The van der Waals surface area contributed by atoms with Crippen LogP contribution < -0.4 is 5.19 Å². The molecule has 1 aliphatic heterocycles. The normalized spacial score (nSPS) is 29.2. The van der Waals surface area contributed by atoms with Crippen molar-refractivity contribution in [1.29, 1.82) is 0 Å². The van der Waals surface area contributed by atoms with Gasteiger partial charge in [0.1, 0.15) is 13.9 Å². The van der Waals surface area contributed by atoms with Gasteiger partial charge < -0.3 is 0 Å². The molecule has 0 aromatic heterocycles. The zero-order valence-corrected chi connectivity index (χ0v) is 16.2. The summed E-state index contributed by atoms with van der Waals surface area (Å²) in [6, 6.07) is 14.2. The number of ketones is 1. The van der Waals surface area contributed by atoms with Crippen LogP contribution in [0.4, 0.5) is 0 Å². The summed E-state index contributed by atoms with van der Waals surface area (Å²) in [6.45, 7) is 2.27. The Hall–Kier alpha value is -1.15. The van der Waals surface area contributed by atoms with Crippen molar-refractivity contribution in [3.8, 4) is 0 Å². The number of allylic oxidation sites excluding steroid dienone is 1. The second-order valence-corrected chi connectivity index (χ2v) is 12.1. The Kier molecular flexibility index (Phi) is 6.10. The van der Waals surface area contributed by atoms with E-state index in [1.807, 2.05) is 0 Å². The molecule has 1 saturated carbocycles. The molecule has 2 aliphatic rings. The molecule has 1 heterocycles. The summed E-state index contributed by atoms with van der Waals surface area (Å²) in [6.07, 6.45) is 11.7. The highest BCUT2D eigenvalue weighted by atomic mass is 28.3. The van der Waals surface area contributed by atoms with Gasteiger partial charge in [-0.15, -0.1) is 0 Å². The average molecular weight is 341 g/mol. The zero-order valence-electron chi connectivity index (χ0n) is 15.2. The quantitative estimate of drug-likeness (QED) is 0.655. The monoisotopic (exact) mass is 340 g/mol. The first-order valence-corrected chi connectivity index (χ1v) is 12.5. The third kappa shape index (κ3) is 4.08. The molecule has 0 atom stereocenters. The van der Waals surface area contributed by atoms with E-state index in [1.54, 1.807) is 5.19 Å². The van der Waals surface area contributed by atoms with Gasteiger partial charge in [0.15, 0.2) is 0 Å². The van der Waals surface area contributed by atoms with Gasteiger partial charge in [0.05, 0.1) is 0 Å². The van der Waals surface area contributed by atoms with E-state index in [-0.39, 0.29) is 0 Å². The number of hydrogen-bond acceptors (Lipinski definition) is 1. The number of carbonyl (C=O) groups is 1. The molecule has 2 heteroatoms. The van der Waals surface area contributed by atoms with Gasteiger partial charge in [-0.3, -0.25) is 4.79 Å². The fourth-order valence-corrected chi connectivity index (χ4v) is 9.46. The number of unbranched alkanes of at least 4 members (excludes halogenated alkanes) is 1. The topological polar surface area (TPSA) is 17.1 Å². The van der Waals surface area contributed by atoms with E-state index in [0.717, 1.165) is 37.5 Å². The second-order valence-electron chi connectivity index (χ2n) is 7.93. The molecule has 2 fully saturated rings. The van der Waals surface area contributed by atoms with Gasteiger partial charge in [-0.1, -0.05) is 73.5 Å². The number of hydrogen-bond donors (Lipinski definition) is 0. The van der Waals surface area contributed by atoms with Crippen molar-refractivity contribution >= 4 is 19.0 Å². The Morgan fingerprint density at radius 3 is 2.25 bits per heavy atom. The van der Waals surface area contributed by atoms with Gasteiger partial charge >= 0.3 is 0 Å². The van der Waals surface area contributed by atoms with Gasteiger partial charge in [-0.05, 0) is 43.2 Å². The van der Waals surface area contributed by atoms with Crippen LogP contribution in [0, 0.1) is 11.8 Å². The fraction of sp³-hybridized carbons (Fsp3) is 0.591. The molecule has 0 N–H and O–H groups in total. The van der Waals surface area contributed by atoms with E-state index in [1.165, 1.54) is 37.8 Å². The van der Waals surface area contributed by atoms with Crippen LogP contribution in [0.15, 0.2) is 42.1 Å². The smallest absolute Gasteiger partial charge is 0.132 e. The van der Waals surface area contributed by atoms with Crippen LogP contribution in [0.2, 0.25) is 12.1 Å². The summed E-state index contributed by atoms with van der Waals surface area (Å²) < 4.78 is 0. The lowest BCUT2D eigenvalue weighted by molar-refractivity contribution is -0.121. The van der Waals surface area contributed by atoms with Crippen LogP contribution in [-0.4, -0.2) is 13.9 Å². The van der Waals surface area contributed by atoms with Crippen molar-refractivity contribution < 1.29 is 4.79 Å². The molecule has 1 nitrogen and oxygen atoms in total. The van der Waals surface area contributed by atoms with Gasteiger partial charge in [0.25, 0.3) is 0 Å². The third-order valence-electron chi connectivity index (χ3n) is 6.42. The van der Waals surface area contributed by atoms with Crippen molar-refractivity contribution in [1.82, 2.24) is 0 Å². The highest BCUT2D eigenvalue weighted by Gasteiger charge is 2.39. The van der Waals surface area contributed by atoms with Crippen molar-refractivity contribution in [2.24, 2.45) is 11.8 Å². The molecule has 0 unspecified atom stereocenters. The SMILES string of the molecule is CCCC=C[Si]1(c2ccccc2)CCC(C2CCC(=O)CC2)CC1. The molecule has 0 radical (unpaired) electrons. The van der Waals surface area contributed by atoms with Crippen molar-refractivity contribution in [2.75, 3.05) is 0 Å². The van der Waals surface area contributed by atoms with Gasteiger partial charge in [0, 0.05) is 12.8 Å². The second kappa shape index (κ2) is 8.29. The molecule has 130 valence electrons. The molecule has 1 aliphatic carbocycles. The lowest BCUT2D eigenvalue weighted by atomic mass is 9.77. The van der Waals surface area contributed by atoms with E-state index in [9.17, 15) is 4.79 Å². The first-order chi connectivity index (χ1) is 11.7.